The van der Waals surface area contributed by atoms with Crippen LogP contribution in [0.25, 0.3) is 0 Å². The molecule has 1 atom stereocenters. The molecule has 1 amide bonds. The molecule has 4 nitrogen and oxygen atoms in total. The molecule has 0 bridgehead atoms. The zero-order valence-electron chi connectivity index (χ0n) is 13.6. The maximum absolute atomic E-state index is 13.4. The first-order valence-electron chi connectivity index (χ1n) is 7.64. The van der Waals surface area contributed by atoms with E-state index in [2.05, 4.69) is 0 Å². The molecule has 1 heterocycles. The molecule has 1 aliphatic heterocycles. The van der Waals surface area contributed by atoms with Gasteiger partial charge in [0, 0.05) is 29.6 Å². The van der Waals surface area contributed by atoms with E-state index >= 15 is 0 Å². The molecule has 0 N–H and O–H groups in total. The zero-order valence-corrected chi connectivity index (χ0v) is 14.3. The van der Waals surface area contributed by atoms with Crippen LogP contribution in [0.5, 0.6) is 0 Å². The van der Waals surface area contributed by atoms with Crippen molar-refractivity contribution in [2.24, 2.45) is 5.92 Å². The number of carbonyl (C=O) groups is 2. The summed E-state index contributed by atoms with van der Waals surface area (Å²) in [6.45, 7) is 6.23. The summed E-state index contributed by atoms with van der Waals surface area (Å²) in [6.07, 6.45) is 0.942. The summed E-state index contributed by atoms with van der Waals surface area (Å²) in [6, 6.07) is 3.80. The van der Waals surface area contributed by atoms with Gasteiger partial charge in [-0.05, 0) is 51.8 Å². The molecule has 2 rings (SSSR count). The average Bonchev–Trinajstić information content (AvgIpc) is 2.44. The van der Waals surface area contributed by atoms with Crippen LogP contribution in [0.3, 0.4) is 0 Å². The minimum Gasteiger partial charge on any atom is -0.444 e. The van der Waals surface area contributed by atoms with Crippen molar-refractivity contribution in [2.45, 2.75) is 39.2 Å². The number of benzene rings is 1. The number of hydrogen-bond donors (Lipinski definition) is 0. The molecule has 1 aliphatic rings. The first kappa shape index (κ1) is 17.7. The summed E-state index contributed by atoms with van der Waals surface area (Å²) in [5.74, 6) is -1.10. The quantitative estimate of drug-likeness (QED) is 0.753. The standard InChI is InChI=1S/C17H21ClFNO3/c1-17(2,3)23-16(22)20-6-4-5-11(10-20)15(21)12-7-13(18)9-14(19)8-12/h7-9,11H,4-6,10H2,1-3H3/t11-/m1/s1. The highest BCUT2D eigenvalue weighted by Gasteiger charge is 2.31. The number of hydrogen-bond acceptors (Lipinski definition) is 3. The van der Waals surface area contributed by atoms with Crippen molar-refractivity contribution < 1.29 is 18.7 Å². The van der Waals surface area contributed by atoms with Crippen LogP contribution in [0.4, 0.5) is 9.18 Å². The van der Waals surface area contributed by atoms with Gasteiger partial charge in [0.1, 0.15) is 11.4 Å². The Morgan fingerprint density at radius 1 is 1.30 bits per heavy atom. The van der Waals surface area contributed by atoms with Gasteiger partial charge in [0.05, 0.1) is 0 Å². The van der Waals surface area contributed by atoms with Gasteiger partial charge in [-0.1, -0.05) is 11.6 Å². The van der Waals surface area contributed by atoms with E-state index in [1.807, 2.05) is 0 Å². The number of rotatable bonds is 2. The van der Waals surface area contributed by atoms with E-state index in [9.17, 15) is 14.0 Å². The van der Waals surface area contributed by atoms with Gasteiger partial charge >= 0.3 is 6.09 Å². The molecule has 1 fully saturated rings. The average molecular weight is 342 g/mol. The minimum atomic E-state index is -0.579. The third-order valence-corrected chi connectivity index (χ3v) is 3.81. The summed E-state index contributed by atoms with van der Waals surface area (Å²) >= 11 is 5.81. The van der Waals surface area contributed by atoms with Crippen LogP contribution < -0.4 is 0 Å². The Balaban J connectivity index is 2.08. The molecule has 6 heteroatoms. The summed E-state index contributed by atoms with van der Waals surface area (Å²) in [5, 5.41) is 0.188. The second-order valence-corrected chi connectivity index (χ2v) is 7.22. The highest BCUT2D eigenvalue weighted by molar-refractivity contribution is 6.31. The van der Waals surface area contributed by atoms with E-state index in [1.54, 1.807) is 20.8 Å². The Morgan fingerprint density at radius 2 is 2.00 bits per heavy atom. The molecular weight excluding hydrogens is 321 g/mol. The molecular formula is C17H21ClFNO3. The molecule has 0 spiro atoms. The van der Waals surface area contributed by atoms with E-state index in [0.717, 1.165) is 6.07 Å². The van der Waals surface area contributed by atoms with Crippen molar-refractivity contribution in [3.8, 4) is 0 Å². The number of ether oxygens (including phenoxy) is 1. The normalized spacial score (nSPS) is 18.7. The topological polar surface area (TPSA) is 46.6 Å². The second kappa shape index (κ2) is 6.87. The first-order chi connectivity index (χ1) is 10.7. The Kier molecular flexibility index (Phi) is 5.30. The molecule has 126 valence electrons. The van der Waals surface area contributed by atoms with Gasteiger partial charge in [0.15, 0.2) is 5.78 Å². The number of Topliss-reactive ketones (excluding diaryl/α,β-unsaturated/α-hetero) is 1. The van der Waals surface area contributed by atoms with Crippen molar-refractivity contribution in [1.29, 1.82) is 0 Å². The van der Waals surface area contributed by atoms with E-state index in [4.69, 9.17) is 16.3 Å². The Labute approximate surface area is 140 Å². The Hall–Kier alpha value is -1.62. The van der Waals surface area contributed by atoms with Gasteiger partial charge < -0.3 is 9.64 Å². The van der Waals surface area contributed by atoms with Crippen LogP contribution in [0, 0.1) is 11.7 Å². The number of piperidine rings is 1. The lowest BCUT2D eigenvalue weighted by Gasteiger charge is -2.33. The van der Waals surface area contributed by atoms with Crippen LogP contribution in [0.2, 0.25) is 5.02 Å². The van der Waals surface area contributed by atoms with E-state index in [0.29, 0.717) is 19.4 Å². The molecule has 0 aliphatic carbocycles. The lowest BCUT2D eigenvalue weighted by Crippen LogP contribution is -2.44. The maximum atomic E-state index is 13.4. The summed E-state index contributed by atoms with van der Waals surface area (Å²) < 4.78 is 18.8. The van der Waals surface area contributed by atoms with Crippen molar-refractivity contribution in [3.05, 3.63) is 34.6 Å². The van der Waals surface area contributed by atoms with E-state index < -0.39 is 17.5 Å². The molecule has 0 radical (unpaired) electrons. The number of halogens is 2. The van der Waals surface area contributed by atoms with Crippen LogP contribution in [-0.2, 0) is 4.74 Å². The first-order valence-corrected chi connectivity index (χ1v) is 8.02. The highest BCUT2D eigenvalue weighted by Crippen LogP contribution is 2.24. The van der Waals surface area contributed by atoms with E-state index in [1.165, 1.54) is 17.0 Å². The lowest BCUT2D eigenvalue weighted by atomic mass is 9.90. The monoisotopic (exact) mass is 341 g/mol. The molecule has 23 heavy (non-hydrogen) atoms. The fraction of sp³-hybridized carbons (Fsp3) is 0.529. The van der Waals surface area contributed by atoms with Gasteiger partial charge in [0.2, 0.25) is 0 Å². The van der Waals surface area contributed by atoms with Crippen LogP contribution in [-0.4, -0.2) is 35.5 Å². The fourth-order valence-electron chi connectivity index (χ4n) is 2.62. The predicted molar refractivity (Wildman–Crippen MR) is 86.3 cm³/mol. The number of likely N-dealkylation sites (tertiary alicyclic amines) is 1. The van der Waals surface area contributed by atoms with Crippen molar-refractivity contribution in [2.75, 3.05) is 13.1 Å². The van der Waals surface area contributed by atoms with Crippen molar-refractivity contribution in [3.63, 3.8) is 0 Å². The highest BCUT2D eigenvalue weighted by atomic mass is 35.5. The number of amides is 1. The number of nitrogens with zero attached hydrogens (tertiary/aromatic N) is 1. The summed E-state index contributed by atoms with van der Waals surface area (Å²) in [4.78, 5) is 26.2. The van der Waals surface area contributed by atoms with Crippen LogP contribution in [0.15, 0.2) is 18.2 Å². The SMILES string of the molecule is CC(C)(C)OC(=O)N1CCC[C@@H](C(=O)c2cc(F)cc(Cl)c2)C1. The van der Waals surface area contributed by atoms with Crippen molar-refractivity contribution >= 4 is 23.5 Å². The predicted octanol–water partition coefficient (Wildman–Crippen LogP) is 4.31. The van der Waals surface area contributed by atoms with Crippen molar-refractivity contribution in [1.82, 2.24) is 4.90 Å². The summed E-state index contributed by atoms with van der Waals surface area (Å²) in [5.41, 5.74) is -0.338. The molecule has 0 unspecified atom stereocenters. The minimum absolute atomic E-state index is 0.188. The Bertz CT molecular complexity index is 592. The smallest absolute Gasteiger partial charge is 0.410 e. The van der Waals surface area contributed by atoms with Gasteiger partial charge in [-0.2, -0.15) is 0 Å². The fourth-order valence-corrected chi connectivity index (χ4v) is 2.84. The van der Waals surface area contributed by atoms with E-state index in [-0.39, 0.29) is 28.8 Å². The van der Waals surface area contributed by atoms with Crippen LogP contribution in [0.1, 0.15) is 44.0 Å². The zero-order chi connectivity index (χ0) is 17.2. The molecule has 0 saturated carbocycles. The largest absolute Gasteiger partial charge is 0.444 e. The Morgan fingerprint density at radius 3 is 2.61 bits per heavy atom. The van der Waals surface area contributed by atoms with Gasteiger partial charge in [-0.15, -0.1) is 0 Å². The lowest BCUT2D eigenvalue weighted by molar-refractivity contribution is 0.0172. The number of carbonyl (C=O) groups excluding carboxylic acids is 2. The molecule has 1 saturated heterocycles. The third kappa shape index (κ3) is 4.93. The third-order valence-electron chi connectivity index (χ3n) is 3.59. The molecule has 1 aromatic rings. The second-order valence-electron chi connectivity index (χ2n) is 6.79. The van der Waals surface area contributed by atoms with Gasteiger partial charge in [-0.25, -0.2) is 9.18 Å². The molecule has 0 aromatic heterocycles. The van der Waals surface area contributed by atoms with Gasteiger partial charge in [-0.3, -0.25) is 4.79 Å². The number of ketones is 1. The maximum Gasteiger partial charge on any atom is 0.410 e. The van der Waals surface area contributed by atoms with Gasteiger partial charge in [0.25, 0.3) is 0 Å². The summed E-state index contributed by atoms with van der Waals surface area (Å²) in [7, 11) is 0. The van der Waals surface area contributed by atoms with Crippen LogP contribution >= 0.6 is 11.6 Å². The molecule has 1 aromatic carbocycles.